The fourth-order valence-electron chi connectivity index (χ4n) is 3.73. The van der Waals surface area contributed by atoms with E-state index in [4.69, 9.17) is 9.15 Å². The van der Waals surface area contributed by atoms with Gasteiger partial charge in [0.05, 0.1) is 12.2 Å². The van der Waals surface area contributed by atoms with Crippen molar-refractivity contribution in [3.05, 3.63) is 47.4 Å². The zero-order valence-electron chi connectivity index (χ0n) is 15.5. The van der Waals surface area contributed by atoms with Gasteiger partial charge in [-0.25, -0.2) is 0 Å². The SMILES string of the molecule is Cc1ccc2c(c1)N(Cc1ccc(C(=O)NC3CCCCC3)o1)C(=O)CO2. The molecule has 142 valence electrons. The molecule has 2 aliphatic rings. The summed E-state index contributed by atoms with van der Waals surface area (Å²) in [6, 6.07) is 9.41. The highest BCUT2D eigenvalue weighted by Gasteiger charge is 2.27. The molecular weight excluding hydrogens is 344 g/mol. The first kappa shape index (κ1) is 17.6. The second-order valence-corrected chi connectivity index (χ2v) is 7.31. The van der Waals surface area contributed by atoms with E-state index in [1.807, 2.05) is 25.1 Å². The van der Waals surface area contributed by atoms with Crippen LogP contribution in [0.25, 0.3) is 0 Å². The molecule has 1 aliphatic heterocycles. The summed E-state index contributed by atoms with van der Waals surface area (Å²) in [5.74, 6) is 1.24. The van der Waals surface area contributed by atoms with Crippen molar-refractivity contribution in [3.8, 4) is 5.75 Å². The van der Waals surface area contributed by atoms with Gasteiger partial charge >= 0.3 is 0 Å². The third kappa shape index (κ3) is 3.84. The molecule has 4 rings (SSSR count). The van der Waals surface area contributed by atoms with Gasteiger partial charge in [0.2, 0.25) is 0 Å². The first-order valence-electron chi connectivity index (χ1n) is 9.53. The number of furan rings is 1. The zero-order valence-corrected chi connectivity index (χ0v) is 15.5. The van der Waals surface area contributed by atoms with E-state index >= 15 is 0 Å². The van der Waals surface area contributed by atoms with Crippen LogP contribution in [-0.4, -0.2) is 24.5 Å². The molecule has 2 heterocycles. The van der Waals surface area contributed by atoms with Crippen molar-refractivity contribution in [2.75, 3.05) is 11.5 Å². The summed E-state index contributed by atoms with van der Waals surface area (Å²) < 4.78 is 11.2. The van der Waals surface area contributed by atoms with Crippen LogP contribution < -0.4 is 15.0 Å². The van der Waals surface area contributed by atoms with Gasteiger partial charge in [-0.15, -0.1) is 0 Å². The van der Waals surface area contributed by atoms with E-state index in [0.717, 1.165) is 36.9 Å². The molecule has 0 bridgehead atoms. The van der Waals surface area contributed by atoms with Crippen LogP contribution in [-0.2, 0) is 11.3 Å². The lowest BCUT2D eigenvalue weighted by atomic mass is 9.95. The second-order valence-electron chi connectivity index (χ2n) is 7.31. The number of ether oxygens (including phenoxy) is 1. The van der Waals surface area contributed by atoms with Gasteiger partial charge in [-0.05, 0) is 49.6 Å². The predicted octanol–water partition coefficient (Wildman–Crippen LogP) is 3.58. The van der Waals surface area contributed by atoms with Crippen molar-refractivity contribution in [3.63, 3.8) is 0 Å². The maximum atomic E-state index is 12.4. The van der Waals surface area contributed by atoms with Gasteiger partial charge in [-0.2, -0.15) is 0 Å². The van der Waals surface area contributed by atoms with Crippen LogP contribution in [0.2, 0.25) is 0 Å². The topological polar surface area (TPSA) is 71.8 Å². The molecule has 1 saturated carbocycles. The van der Waals surface area contributed by atoms with Crippen LogP contribution >= 0.6 is 0 Å². The largest absolute Gasteiger partial charge is 0.482 e. The highest BCUT2D eigenvalue weighted by Crippen LogP contribution is 2.34. The van der Waals surface area contributed by atoms with Crippen LogP contribution in [0.5, 0.6) is 5.75 Å². The van der Waals surface area contributed by atoms with Crippen molar-refractivity contribution in [1.29, 1.82) is 0 Å². The number of carbonyl (C=O) groups excluding carboxylic acids is 2. The molecule has 0 unspecified atom stereocenters. The van der Waals surface area contributed by atoms with Crippen LogP contribution in [0.1, 0.15) is 54.0 Å². The number of hydrogen-bond donors (Lipinski definition) is 1. The predicted molar refractivity (Wildman–Crippen MR) is 101 cm³/mol. The highest BCUT2D eigenvalue weighted by atomic mass is 16.5. The van der Waals surface area contributed by atoms with Crippen LogP contribution in [0.4, 0.5) is 5.69 Å². The van der Waals surface area contributed by atoms with Gasteiger partial charge in [-0.3, -0.25) is 14.5 Å². The molecular formula is C21H24N2O4. The Balaban J connectivity index is 1.47. The number of nitrogens with zero attached hydrogens (tertiary/aromatic N) is 1. The minimum absolute atomic E-state index is 0.00575. The molecule has 27 heavy (non-hydrogen) atoms. The first-order valence-corrected chi connectivity index (χ1v) is 9.53. The van der Waals surface area contributed by atoms with E-state index < -0.39 is 0 Å². The van der Waals surface area contributed by atoms with Crippen molar-refractivity contribution in [2.24, 2.45) is 0 Å². The van der Waals surface area contributed by atoms with Crippen molar-refractivity contribution >= 4 is 17.5 Å². The molecule has 2 aromatic rings. The lowest BCUT2D eigenvalue weighted by Crippen LogP contribution is -2.38. The fraction of sp³-hybridized carbons (Fsp3) is 0.429. The van der Waals surface area contributed by atoms with Gasteiger partial charge in [0.1, 0.15) is 11.5 Å². The molecule has 1 aromatic heterocycles. The summed E-state index contributed by atoms with van der Waals surface area (Å²) in [6.07, 6.45) is 5.61. The highest BCUT2D eigenvalue weighted by molar-refractivity contribution is 5.97. The number of nitrogens with one attached hydrogen (secondary N) is 1. The van der Waals surface area contributed by atoms with Gasteiger partial charge in [0.15, 0.2) is 12.4 Å². The number of benzene rings is 1. The average molecular weight is 368 g/mol. The average Bonchev–Trinajstić information content (AvgIpc) is 3.14. The number of rotatable bonds is 4. The lowest BCUT2D eigenvalue weighted by molar-refractivity contribution is -0.121. The minimum Gasteiger partial charge on any atom is -0.482 e. The summed E-state index contributed by atoms with van der Waals surface area (Å²) in [5, 5.41) is 3.05. The van der Waals surface area contributed by atoms with Crippen molar-refractivity contribution < 1.29 is 18.7 Å². The number of amides is 2. The summed E-state index contributed by atoms with van der Waals surface area (Å²) in [6.45, 7) is 2.25. The summed E-state index contributed by atoms with van der Waals surface area (Å²) in [7, 11) is 0. The summed E-state index contributed by atoms with van der Waals surface area (Å²) >= 11 is 0. The molecule has 6 heteroatoms. The van der Waals surface area contributed by atoms with Crippen molar-refractivity contribution in [1.82, 2.24) is 5.32 Å². The quantitative estimate of drug-likeness (QED) is 0.895. The Morgan fingerprint density at radius 3 is 2.81 bits per heavy atom. The Morgan fingerprint density at radius 2 is 2.00 bits per heavy atom. The van der Waals surface area contributed by atoms with Gasteiger partial charge in [0, 0.05) is 6.04 Å². The van der Waals surface area contributed by atoms with Crippen LogP contribution in [0.3, 0.4) is 0 Å². The van der Waals surface area contributed by atoms with E-state index in [0.29, 0.717) is 17.3 Å². The van der Waals surface area contributed by atoms with E-state index in [9.17, 15) is 9.59 Å². The Morgan fingerprint density at radius 1 is 1.19 bits per heavy atom. The number of hydrogen-bond acceptors (Lipinski definition) is 4. The van der Waals surface area contributed by atoms with Gasteiger partial charge in [0.25, 0.3) is 11.8 Å². The van der Waals surface area contributed by atoms with E-state index in [2.05, 4.69) is 5.32 Å². The van der Waals surface area contributed by atoms with E-state index in [1.165, 1.54) is 6.42 Å². The third-order valence-corrected chi connectivity index (χ3v) is 5.20. The molecule has 1 aliphatic carbocycles. The van der Waals surface area contributed by atoms with Gasteiger partial charge in [-0.1, -0.05) is 25.3 Å². The van der Waals surface area contributed by atoms with E-state index in [1.54, 1.807) is 17.0 Å². The molecule has 1 aromatic carbocycles. The first-order chi connectivity index (χ1) is 13.1. The van der Waals surface area contributed by atoms with Gasteiger partial charge < -0.3 is 14.5 Å². The number of aryl methyl sites for hydroxylation is 1. The molecule has 0 saturated heterocycles. The minimum atomic E-state index is -0.183. The maximum Gasteiger partial charge on any atom is 0.287 e. The third-order valence-electron chi connectivity index (χ3n) is 5.20. The monoisotopic (exact) mass is 368 g/mol. The number of carbonyl (C=O) groups is 2. The summed E-state index contributed by atoms with van der Waals surface area (Å²) in [5.41, 5.74) is 1.78. The number of fused-ring (bicyclic) bond motifs is 1. The second kappa shape index (κ2) is 7.47. The molecule has 0 radical (unpaired) electrons. The Kier molecular flexibility index (Phi) is 4.88. The standard InChI is InChI=1S/C21H24N2O4/c1-14-7-9-18-17(11-14)23(20(24)13-26-18)12-16-8-10-19(27-16)21(25)22-15-5-3-2-4-6-15/h7-11,15H,2-6,12-13H2,1H3,(H,22,25). The van der Waals surface area contributed by atoms with Crippen molar-refractivity contribution in [2.45, 2.75) is 51.6 Å². The molecule has 1 fully saturated rings. The Labute approximate surface area is 158 Å². The Bertz CT molecular complexity index is 852. The zero-order chi connectivity index (χ0) is 18.8. The molecule has 0 spiro atoms. The summed E-state index contributed by atoms with van der Waals surface area (Å²) in [4.78, 5) is 26.4. The maximum absolute atomic E-state index is 12.4. The molecule has 2 amide bonds. The Hall–Kier alpha value is -2.76. The molecule has 0 atom stereocenters. The normalized spacial score (nSPS) is 17.4. The molecule has 1 N–H and O–H groups in total. The van der Waals surface area contributed by atoms with E-state index in [-0.39, 0.29) is 31.0 Å². The number of anilines is 1. The van der Waals surface area contributed by atoms with Crippen LogP contribution in [0, 0.1) is 6.92 Å². The van der Waals surface area contributed by atoms with Crippen LogP contribution in [0.15, 0.2) is 34.7 Å². The lowest BCUT2D eigenvalue weighted by Gasteiger charge is -2.29. The smallest absolute Gasteiger partial charge is 0.287 e. The molecule has 6 nitrogen and oxygen atoms in total. The fourth-order valence-corrected chi connectivity index (χ4v) is 3.73.